The number of aromatic hydroxyl groups is 1. The van der Waals surface area contributed by atoms with Crippen molar-refractivity contribution in [2.75, 3.05) is 11.9 Å². The van der Waals surface area contributed by atoms with Gasteiger partial charge in [-0.25, -0.2) is 0 Å². The molecule has 2 aromatic carbocycles. The lowest BCUT2D eigenvalue weighted by Crippen LogP contribution is -2.10. The number of rotatable bonds is 3. The van der Waals surface area contributed by atoms with Gasteiger partial charge in [-0.2, -0.15) is 0 Å². The average Bonchev–Trinajstić information content (AvgIpc) is 2.85. The van der Waals surface area contributed by atoms with Crippen LogP contribution in [-0.4, -0.2) is 16.2 Å². The highest BCUT2D eigenvalue weighted by Gasteiger charge is 2.15. The van der Waals surface area contributed by atoms with E-state index in [9.17, 15) is 5.11 Å². The molecule has 23 heavy (non-hydrogen) atoms. The number of nitrogens with one attached hydrogen (secondary N) is 1. The SMILES string of the molecule is CCNc1cccc2cn(-c3ccc(C(C)(C)C)cc3)c(O)c12. The van der Waals surface area contributed by atoms with Crippen molar-refractivity contribution in [3.63, 3.8) is 0 Å². The Morgan fingerprint density at radius 3 is 2.35 bits per heavy atom. The van der Waals surface area contributed by atoms with Gasteiger partial charge in [0.15, 0.2) is 0 Å². The van der Waals surface area contributed by atoms with Gasteiger partial charge in [-0.3, -0.25) is 4.57 Å². The van der Waals surface area contributed by atoms with Crippen LogP contribution in [0.1, 0.15) is 33.3 Å². The molecule has 120 valence electrons. The smallest absolute Gasteiger partial charge is 0.205 e. The Hall–Kier alpha value is -2.42. The number of anilines is 1. The summed E-state index contributed by atoms with van der Waals surface area (Å²) in [6.45, 7) is 9.48. The topological polar surface area (TPSA) is 37.2 Å². The molecule has 2 N–H and O–H groups in total. The second-order valence-electron chi connectivity index (χ2n) is 6.92. The molecule has 0 unspecified atom stereocenters. The van der Waals surface area contributed by atoms with Gasteiger partial charge in [0.05, 0.1) is 5.39 Å². The maximum atomic E-state index is 10.7. The Bertz CT molecular complexity index is 823. The number of hydrogen-bond acceptors (Lipinski definition) is 2. The predicted octanol–water partition coefficient (Wildman–Crippen LogP) is 5.07. The van der Waals surface area contributed by atoms with E-state index in [1.54, 1.807) is 0 Å². The van der Waals surface area contributed by atoms with Crippen LogP contribution in [-0.2, 0) is 5.41 Å². The molecular formula is C20H24N2O. The third-order valence-electron chi connectivity index (χ3n) is 4.20. The Morgan fingerprint density at radius 1 is 1.04 bits per heavy atom. The summed E-state index contributed by atoms with van der Waals surface area (Å²) in [5, 5.41) is 15.9. The molecular weight excluding hydrogens is 284 g/mol. The molecule has 0 aliphatic rings. The lowest BCUT2D eigenvalue weighted by atomic mass is 9.87. The Morgan fingerprint density at radius 2 is 1.74 bits per heavy atom. The van der Waals surface area contributed by atoms with Crippen LogP contribution in [0.2, 0.25) is 0 Å². The molecule has 0 spiro atoms. The average molecular weight is 308 g/mol. The molecule has 0 saturated heterocycles. The maximum absolute atomic E-state index is 10.7. The van der Waals surface area contributed by atoms with Gasteiger partial charge in [-0.15, -0.1) is 0 Å². The Balaban J connectivity index is 2.10. The number of benzene rings is 2. The monoisotopic (exact) mass is 308 g/mol. The normalized spacial score (nSPS) is 11.8. The number of aromatic nitrogens is 1. The van der Waals surface area contributed by atoms with E-state index in [1.807, 2.05) is 29.0 Å². The van der Waals surface area contributed by atoms with E-state index in [-0.39, 0.29) is 11.3 Å². The summed E-state index contributed by atoms with van der Waals surface area (Å²) in [6, 6.07) is 14.4. The van der Waals surface area contributed by atoms with Gasteiger partial charge >= 0.3 is 0 Å². The lowest BCUT2D eigenvalue weighted by Gasteiger charge is -2.19. The molecule has 0 aliphatic carbocycles. The fraction of sp³-hybridized carbons (Fsp3) is 0.300. The van der Waals surface area contributed by atoms with Gasteiger partial charge in [-0.1, -0.05) is 45.0 Å². The first-order valence-electron chi connectivity index (χ1n) is 8.09. The molecule has 1 aromatic heterocycles. The van der Waals surface area contributed by atoms with Crippen molar-refractivity contribution in [1.29, 1.82) is 0 Å². The summed E-state index contributed by atoms with van der Waals surface area (Å²) in [4.78, 5) is 0. The van der Waals surface area contributed by atoms with Gasteiger partial charge in [0.2, 0.25) is 5.88 Å². The Labute approximate surface area is 137 Å². The third-order valence-corrected chi connectivity index (χ3v) is 4.20. The first-order chi connectivity index (χ1) is 10.9. The highest BCUT2D eigenvalue weighted by molar-refractivity contribution is 5.99. The van der Waals surface area contributed by atoms with Crippen LogP contribution < -0.4 is 5.32 Å². The summed E-state index contributed by atoms with van der Waals surface area (Å²) in [6.07, 6.45) is 1.98. The molecule has 0 bridgehead atoms. The summed E-state index contributed by atoms with van der Waals surface area (Å²) in [7, 11) is 0. The summed E-state index contributed by atoms with van der Waals surface area (Å²) < 4.78 is 1.85. The lowest BCUT2D eigenvalue weighted by molar-refractivity contribution is 0.448. The van der Waals surface area contributed by atoms with Crippen LogP contribution in [0, 0.1) is 0 Å². The molecule has 0 radical (unpaired) electrons. The molecule has 0 amide bonds. The van der Waals surface area contributed by atoms with Crippen LogP contribution in [0.3, 0.4) is 0 Å². The molecule has 1 heterocycles. The van der Waals surface area contributed by atoms with Gasteiger partial charge in [0.25, 0.3) is 0 Å². The first-order valence-corrected chi connectivity index (χ1v) is 8.09. The molecule has 3 heteroatoms. The van der Waals surface area contributed by atoms with Gasteiger partial charge in [0, 0.05) is 29.5 Å². The fourth-order valence-corrected chi connectivity index (χ4v) is 2.90. The van der Waals surface area contributed by atoms with Gasteiger partial charge < -0.3 is 10.4 Å². The molecule has 3 nitrogen and oxygen atoms in total. The van der Waals surface area contributed by atoms with Crippen molar-refractivity contribution < 1.29 is 5.11 Å². The third kappa shape index (κ3) is 2.79. The molecule has 0 saturated carbocycles. The van der Waals surface area contributed by atoms with Crippen LogP contribution in [0.25, 0.3) is 16.5 Å². The molecule has 0 aliphatic heterocycles. The zero-order valence-electron chi connectivity index (χ0n) is 14.2. The van der Waals surface area contributed by atoms with E-state index in [2.05, 4.69) is 57.3 Å². The summed E-state index contributed by atoms with van der Waals surface area (Å²) in [5.41, 5.74) is 3.34. The molecule has 3 rings (SSSR count). The highest BCUT2D eigenvalue weighted by atomic mass is 16.3. The minimum absolute atomic E-state index is 0.125. The van der Waals surface area contributed by atoms with Crippen molar-refractivity contribution in [2.45, 2.75) is 33.1 Å². The number of hydrogen-bond donors (Lipinski definition) is 2. The zero-order valence-corrected chi connectivity index (χ0v) is 14.2. The van der Waals surface area contributed by atoms with E-state index >= 15 is 0 Å². The van der Waals surface area contributed by atoms with Gasteiger partial charge in [0.1, 0.15) is 0 Å². The summed E-state index contributed by atoms with van der Waals surface area (Å²) >= 11 is 0. The maximum Gasteiger partial charge on any atom is 0.205 e. The van der Waals surface area contributed by atoms with E-state index in [4.69, 9.17) is 0 Å². The quantitative estimate of drug-likeness (QED) is 0.709. The van der Waals surface area contributed by atoms with Crippen molar-refractivity contribution in [1.82, 2.24) is 4.57 Å². The van der Waals surface area contributed by atoms with Crippen LogP contribution in [0.15, 0.2) is 48.7 Å². The van der Waals surface area contributed by atoms with Crippen LogP contribution in [0.5, 0.6) is 5.88 Å². The first kappa shape index (κ1) is 15.5. The van der Waals surface area contributed by atoms with Crippen molar-refractivity contribution in [3.05, 3.63) is 54.2 Å². The standard InChI is InChI=1S/C20H24N2O/c1-5-21-17-8-6-7-14-13-22(19(23)18(14)17)16-11-9-15(10-12-16)20(2,3)4/h6-13,21,23H,5H2,1-4H3. The second-order valence-corrected chi connectivity index (χ2v) is 6.92. The van der Waals surface area contributed by atoms with Crippen LogP contribution >= 0.6 is 0 Å². The second kappa shape index (κ2) is 5.65. The zero-order chi connectivity index (χ0) is 16.6. The van der Waals surface area contributed by atoms with E-state index in [0.717, 1.165) is 28.7 Å². The number of fused-ring (bicyclic) bond motifs is 1. The molecule has 0 fully saturated rings. The number of nitrogens with zero attached hydrogens (tertiary/aromatic N) is 1. The van der Waals surface area contributed by atoms with Crippen molar-refractivity contribution in [2.24, 2.45) is 0 Å². The summed E-state index contributed by atoms with van der Waals surface area (Å²) in [5.74, 6) is 0.278. The Kier molecular flexibility index (Phi) is 3.80. The highest BCUT2D eigenvalue weighted by Crippen LogP contribution is 2.35. The van der Waals surface area contributed by atoms with Crippen LogP contribution in [0.4, 0.5) is 5.69 Å². The van der Waals surface area contributed by atoms with Crippen molar-refractivity contribution >= 4 is 16.5 Å². The molecule has 3 aromatic rings. The van der Waals surface area contributed by atoms with E-state index in [1.165, 1.54) is 5.56 Å². The van der Waals surface area contributed by atoms with Crippen molar-refractivity contribution in [3.8, 4) is 11.6 Å². The minimum atomic E-state index is 0.125. The molecule has 0 atom stereocenters. The predicted molar refractivity (Wildman–Crippen MR) is 97.8 cm³/mol. The largest absolute Gasteiger partial charge is 0.494 e. The van der Waals surface area contributed by atoms with Gasteiger partial charge in [-0.05, 0) is 36.1 Å². The minimum Gasteiger partial charge on any atom is -0.494 e. The fourth-order valence-electron chi connectivity index (χ4n) is 2.90. The van der Waals surface area contributed by atoms with E-state index in [0.29, 0.717) is 0 Å². The van der Waals surface area contributed by atoms with E-state index < -0.39 is 0 Å².